The fraction of sp³-hybridized carbons (Fsp3) is 0.0732. The molecule has 0 amide bonds. The molecule has 0 unspecified atom stereocenters. The van der Waals surface area contributed by atoms with Crippen molar-refractivity contribution in [2.24, 2.45) is 0 Å². The van der Waals surface area contributed by atoms with Crippen LogP contribution in [0.4, 0.5) is 0 Å². The van der Waals surface area contributed by atoms with Crippen molar-refractivity contribution >= 4 is 64.1 Å². The van der Waals surface area contributed by atoms with E-state index in [0.29, 0.717) is 5.95 Å². The van der Waals surface area contributed by atoms with Crippen LogP contribution in [0.3, 0.4) is 0 Å². The number of hydrogen-bond donors (Lipinski definition) is 0. The molecular formula is C41H27N3S. The van der Waals surface area contributed by atoms with Gasteiger partial charge in [0.2, 0.25) is 5.95 Å². The molecule has 9 aromatic rings. The lowest BCUT2D eigenvalue weighted by atomic mass is 9.81. The van der Waals surface area contributed by atoms with Crippen LogP contribution in [0.1, 0.15) is 25.0 Å². The maximum absolute atomic E-state index is 5.50. The predicted octanol–water partition coefficient (Wildman–Crippen LogP) is 11.1. The van der Waals surface area contributed by atoms with Gasteiger partial charge in [0.1, 0.15) is 0 Å². The second-order valence-electron chi connectivity index (χ2n) is 12.6. The summed E-state index contributed by atoms with van der Waals surface area (Å²) in [6.07, 6.45) is 0. The van der Waals surface area contributed by atoms with Crippen LogP contribution in [0.25, 0.3) is 81.2 Å². The van der Waals surface area contributed by atoms with Crippen LogP contribution in [0.2, 0.25) is 0 Å². The largest absolute Gasteiger partial charge is 0.276 e. The average molecular weight is 594 g/mol. The van der Waals surface area contributed by atoms with Crippen LogP contribution < -0.4 is 0 Å². The van der Waals surface area contributed by atoms with E-state index >= 15 is 0 Å². The van der Waals surface area contributed by atoms with Gasteiger partial charge in [0.15, 0.2) is 0 Å². The van der Waals surface area contributed by atoms with Crippen molar-refractivity contribution < 1.29 is 0 Å². The molecule has 0 fully saturated rings. The van der Waals surface area contributed by atoms with Crippen LogP contribution in [-0.2, 0) is 5.41 Å². The summed E-state index contributed by atoms with van der Waals surface area (Å²) >= 11 is 1.87. The first-order valence-electron chi connectivity index (χ1n) is 15.4. The number of hydrogen-bond acceptors (Lipinski definition) is 3. The van der Waals surface area contributed by atoms with E-state index in [1.807, 2.05) is 11.3 Å². The molecule has 0 saturated heterocycles. The molecule has 45 heavy (non-hydrogen) atoms. The number of fused-ring (bicyclic) bond motifs is 12. The Morgan fingerprint density at radius 3 is 2.20 bits per heavy atom. The molecule has 0 N–H and O–H groups in total. The molecule has 4 heteroatoms. The SMILES string of the molecule is CC1(C)c2ccccc2-c2c1c1ccc3c4ccccc4sc3c1n2-c1nc(-c2ccccc2)c2ccc3ccccc3c2n1. The lowest BCUT2D eigenvalue weighted by Gasteiger charge is -2.21. The van der Waals surface area contributed by atoms with Crippen molar-refractivity contribution in [1.82, 2.24) is 14.5 Å². The minimum atomic E-state index is -0.175. The second kappa shape index (κ2) is 8.87. The summed E-state index contributed by atoms with van der Waals surface area (Å²) in [7, 11) is 0. The van der Waals surface area contributed by atoms with Gasteiger partial charge < -0.3 is 0 Å². The molecule has 3 heterocycles. The first-order valence-corrected chi connectivity index (χ1v) is 16.3. The number of aromatic nitrogens is 3. The third-order valence-corrected chi connectivity index (χ3v) is 11.0. The normalized spacial score (nSPS) is 13.7. The fourth-order valence-corrected chi connectivity index (χ4v) is 9.01. The van der Waals surface area contributed by atoms with Crippen molar-refractivity contribution in [3.63, 3.8) is 0 Å². The summed E-state index contributed by atoms with van der Waals surface area (Å²) in [6, 6.07) is 45.8. The van der Waals surface area contributed by atoms with Gasteiger partial charge in [0.25, 0.3) is 0 Å². The molecule has 0 spiro atoms. The Morgan fingerprint density at radius 1 is 0.600 bits per heavy atom. The fourth-order valence-electron chi connectivity index (χ4n) is 7.77. The molecule has 1 aliphatic rings. The summed E-state index contributed by atoms with van der Waals surface area (Å²) in [5.74, 6) is 0.710. The predicted molar refractivity (Wildman–Crippen MR) is 190 cm³/mol. The van der Waals surface area contributed by atoms with Gasteiger partial charge in [-0.25, -0.2) is 9.97 Å². The molecule has 3 nitrogen and oxygen atoms in total. The molecule has 0 aliphatic heterocycles. The van der Waals surface area contributed by atoms with Crippen molar-refractivity contribution in [3.05, 3.63) is 139 Å². The molecule has 10 rings (SSSR count). The standard InChI is InChI=1S/C41H27N3S/c1-41(2)32-18-10-8-17-29(32)37-34(41)30-23-22-28-27-16-9-11-19-33(27)45-39(28)38(30)44(37)40-42-35(25-13-4-3-5-14-25)31-21-20-24-12-6-7-15-26(24)36(31)43-40/h3-23H,1-2H3. The van der Waals surface area contributed by atoms with E-state index in [1.165, 1.54) is 58.8 Å². The van der Waals surface area contributed by atoms with Crippen molar-refractivity contribution in [2.45, 2.75) is 19.3 Å². The Bertz CT molecular complexity index is 2680. The summed E-state index contributed by atoms with van der Waals surface area (Å²) in [5.41, 5.74) is 9.18. The van der Waals surface area contributed by atoms with Gasteiger partial charge in [-0.1, -0.05) is 129 Å². The quantitative estimate of drug-likeness (QED) is 0.187. The molecule has 0 atom stereocenters. The van der Waals surface area contributed by atoms with Gasteiger partial charge in [-0.2, -0.15) is 0 Å². The highest BCUT2D eigenvalue weighted by Crippen LogP contribution is 2.55. The lowest BCUT2D eigenvalue weighted by molar-refractivity contribution is 0.666. The Labute approximate surface area is 264 Å². The minimum Gasteiger partial charge on any atom is -0.276 e. The van der Waals surface area contributed by atoms with Crippen LogP contribution in [-0.4, -0.2) is 14.5 Å². The first kappa shape index (κ1) is 25.1. The molecule has 0 radical (unpaired) electrons. The highest BCUT2D eigenvalue weighted by molar-refractivity contribution is 7.26. The Kier molecular flexibility index (Phi) is 4.94. The smallest absolute Gasteiger partial charge is 0.235 e. The maximum atomic E-state index is 5.50. The van der Waals surface area contributed by atoms with E-state index in [0.717, 1.165) is 27.5 Å². The van der Waals surface area contributed by atoms with Gasteiger partial charge in [-0.05, 0) is 28.6 Å². The summed E-state index contributed by atoms with van der Waals surface area (Å²) < 4.78 is 4.96. The van der Waals surface area contributed by atoms with Crippen molar-refractivity contribution in [3.8, 4) is 28.5 Å². The Balaban J connectivity index is 1.44. The summed E-state index contributed by atoms with van der Waals surface area (Å²) in [5, 5.41) is 7.22. The zero-order valence-electron chi connectivity index (χ0n) is 24.9. The van der Waals surface area contributed by atoms with Gasteiger partial charge in [-0.3, -0.25) is 4.57 Å². The molecule has 0 bridgehead atoms. The van der Waals surface area contributed by atoms with Crippen LogP contribution in [0.5, 0.6) is 0 Å². The molecule has 3 aromatic heterocycles. The van der Waals surface area contributed by atoms with Gasteiger partial charge in [-0.15, -0.1) is 11.3 Å². The molecule has 212 valence electrons. The molecule has 6 aromatic carbocycles. The van der Waals surface area contributed by atoms with E-state index in [-0.39, 0.29) is 5.41 Å². The number of thiophene rings is 1. The molecular weight excluding hydrogens is 567 g/mol. The van der Waals surface area contributed by atoms with Crippen LogP contribution in [0.15, 0.2) is 127 Å². The number of rotatable bonds is 2. The number of benzene rings is 6. The third-order valence-electron chi connectivity index (χ3n) is 9.78. The monoisotopic (exact) mass is 593 g/mol. The minimum absolute atomic E-state index is 0.175. The summed E-state index contributed by atoms with van der Waals surface area (Å²) in [4.78, 5) is 11.0. The Morgan fingerprint density at radius 2 is 1.31 bits per heavy atom. The highest BCUT2D eigenvalue weighted by Gasteiger charge is 2.41. The van der Waals surface area contributed by atoms with E-state index in [2.05, 4.69) is 146 Å². The average Bonchev–Trinajstić information content (AvgIpc) is 3.71. The second-order valence-corrected chi connectivity index (χ2v) is 13.6. The van der Waals surface area contributed by atoms with E-state index < -0.39 is 0 Å². The molecule has 0 saturated carbocycles. The van der Waals surface area contributed by atoms with Crippen molar-refractivity contribution in [2.75, 3.05) is 0 Å². The van der Waals surface area contributed by atoms with Gasteiger partial charge in [0, 0.05) is 48.2 Å². The van der Waals surface area contributed by atoms with Crippen LogP contribution in [0, 0.1) is 0 Å². The first-order chi connectivity index (χ1) is 22.1. The zero-order chi connectivity index (χ0) is 29.9. The zero-order valence-corrected chi connectivity index (χ0v) is 25.7. The van der Waals surface area contributed by atoms with E-state index in [1.54, 1.807) is 0 Å². The van der Waals surface area contributed by atoms with Crippen molar-refractivity contribution in [1.29, 1.82) is 0 Å². The topological polar surface area (TPSA) is 30.7 Å². The highest BCUT2D eigenvalue weighted by atomic mass is 32.1. The van der Waals surface area contributed by atoms with Gasteiger partial charge in [0.05, 0.1) is 27.1 Å². The summed E-state index contributed by atoms with van der Waals surface area (Å²) in [6.45, 7) is 4.72. The Hall–Kier alpha value is -5.32. The van der Waals surface area contributed by atoms with Gasteiger partial charge >= 0.3 is 0 Å². The van der Waals surface area contributed by atoms with E-state index in [9.17, 15) is 0 Å². The molecule has 1 aliphatic carbocycles. The van der Waals surface area contributed by atoms with Crippen LogP contribution >= 0.6 is 11.3 Å². The maximum Gasteiger partial charge on any atom is 0.235 e. The van der Waals surface area contributed by atoms with E-state index in [4.69, 9.17) is 9.97 Å². The third kappa shape index (κ3) is 3.29. The lowest BCUT2D eigenvalue weighted by Crippen LogP contribution is -2.14. The number of nitrogens with zero attached hydrogens (tertiary/aromatic N) is 3.